The van der Waals surface area contributed by atoms with Gasteiger partial charge in [0, 0.05) is 18.8 Å². The zero-order chi connectivity index (χ0) is 12.0. The number of anilines is 1. The molecule has 1 rings (SSSR count). The van der Waals surface area contributed by atoms with Crippen molar-refractivity contribution in [1.82, 2.24) is 4.98 Å². The lowest BCUT2D eigenvalue weighted by Gasteiger charge is -2.21. The molecular formula is C13H19N3. The summed E-state index contributed by atoms with van der Waals surface area (Å²) in [5, 5.41) is 0. The van der Waals surface area contributed by atoms with E-state index in [4.69, 9.17) is 12.2 Å². The molecule has 0 atom stereocenters. The number of pyridine rings is 1. The molecule has 0 bridgehead atoms. The second kappa shape index (κ2) is 6.14. The highest BCUT2D eigenvalue weighted by Gasteiger charge is 2.07. The van der Waals surface area contributed by atoms with Crippen LogP contribution in [0.4, 0.5) is 5.82 Å². The highest BCUT2D eigenvalue weighted by molar-refractivity contribution is 5.42. The van der Waals surface area contributed by atoms with E-state index < -0.39 is 0 Å². The first kappa shape index (κ1) is 12.5. The molecule has 1 aromatic rings. The molecule has 3 nitrogen and oxygen atoms in total. The van der Waals surface area contributed by atoms with Crippen LogP contribution in [0.15, 0.2) is 12.1 Å². The Morgan fingerprint density at radius 2 is 2.25 bits per heavy atom. The first-order valence-corrected chi connectivity index (χ1v) is 5.58. The number of aryl methyl sites for hydroxylation is 1. The SMILES string of the molecule is C#CCN(CCC)c1ccc(CN)c(C)n1. The van der Waals surface area contributed by atoms with Crippen molar-refractivity contribution in [2.45, 2.75) is 26.8 Å². The van der Waals surface area contributed by atoms with Crippen molar-refractivity contribution in [2.75, 3.05) is 18.0 Å². The van der Waals surface area contributed by atoms with E-state index in [1.165, 1.54) is 0 Å². The fourth-order valence-corrected chi connectivity index (χ4v) is 1.62. The van der Waals surface area contributed by atoms with Gasteiger partial charge in [0.05, 0.1) is 6.54 Å². The van der Waals surface area contributed by atoms with Gasteiger partial charge >= 0.3 is 0 Å². The molecule has 0 amide bonds. The van der Waals surface area contributed by atoms with Gasteiger partial charge in [0.15, 0.2) is 0 Å². The molecular weight excluding hydrogens is 198 g/mol. The van der Waals surface area contributed by atoms with Crippen molar-refractivity contribution in [3.63, 3.8) is 0 Å². The number of hydrogen-bond acceptors (Lipinski definition) is 3. The van der Waals surface area contributed by atoms with E-state index in [0.29, 0.717) is 13.1 Å². The monoisotopic (exact) mass is 217 g/mol. The Morgan fingerprint density at radius 3 is 2.75 bits per heavy atom. The minimum absolute atomic E-state index is 0.530. The molecule has 0 aromatic carbocycles. The lowest BCUT2D eigenvalue weighted by atomic mass is 10.2. The Hall–Kier alpha value is -1.53. The average molecular weight is 217 g/mol. The van der Waals surface area contributed by atoms with Gasteiger partial charge < -0.3 is 10.6 Å². The van der Waals surface area contributed by atoms with Gasteiger partial charge in [0.25, 0.3) is 0 Å². The zero-order valence-corrected chi connectivity index (χ0v) is 10.0. The second-order valence-corrected chi connectivity index (χ2v) is 3.74. The minimum Gasteiger partial charge on any atom is -0.345 e. The predicted octanol–water partition coefficient (Wildman–Crippen LogP) is 1.70. The van der Waals surface area contributed by atoms with E-state index in [-0.39, 0.29) is 0 Å². The molecule has 2 N–H and O–H groups in total. The Morgan fingerprint density at radius 1 is 1.50 bits per heavy atom. The summed E-state index contributed by atoms with van der Waals surface area (Å²) in [6.45, 7) is 6.17. The summed E-state index contributed by atoms with van der Waals surface area (Å²) in [6, 6.07) is 4.01. The highest BCUT2D eigenvalue weighted by Crippen LogP contribution is 2.14. The first-order valence-electron chi connectivity index (χ1n) is 5.58. The minimum atomic E-state index is 0.530. The molecule has 0 spiro atoms. The van der Waals surface area contributed by atoms with Crippen LogP contribution in [0, 0.1) is 19.3 Å². The molecule has 0 saturated carbocycles. The van der Waals surface area contributed by atoms with Crippen LogP contribution in [-0.2, 0) is 6.54 Å². The van der Waals surface area contributed by atoms with Crippen LogP contribution in [0.1, 0.15) is 24.6 Å². The molecule has 16 heavy (non-hydrogen) atoms. The number of aromatic nitrogens is 1. The third kappa shape index (κ3) is 2.98. The third-order valence-electron chi connectivity index (χ3n) is 2.50. The average Bonchev–Trinajstić information content (AvgIpc) is 2.28. The van der Waals surface area contributed by atoms with Gasteiger partial charge in [-0.15, -0.1) is 6.42 Å². The summed E-state index contributed by atoms with van der Waals surface area (Å²) in [5.41, 5.74) is 7.68. The zero-order valence-electron chi connectivity index (χ0n) is 10.0. The van der Waals surface area contributed by atoms with Crippen molar-refractivity contribution in [3.8, 4) is 12.3 Å². The quantitative estimate of drug-likeness (QED) is 0.763. The summed E-state index contributed by atoms with van der Waals surface area (Å²) in [7, 11) is 0. The molecule has 0 saturated heterocycles. The molecule has 0 aliphatic heterocycles. The fraction of sp³-hybridized carbons (Fsp3) is 0.462. The fourth-order valence-electron chi connectivity index (χ4n) is 1.62. The van der Waals surface area contributed by atoms with Gasteiger partial charge in [-0.3, -0.25) is 0 Å². The Labute approximate surface area is 97.7 Å². The van der Waals surface area contributed by atoms with Crippen LogP contribution < -0.4 is 10.6 Å². The van der Waals surface area contributed by atoms with Crippen LogP contribution in [0.25, 0.3) is 0 Å². The van der Waals surface area contributed by atoms with Gasteiger partial charge in [-0.25, -0.2) is 4.98 Å². The molecule has 3 heteroatoms. The largest absolute Gasteiger partial charge is 0.345 e. The molecule has 0 fully saturated rings. The van der Waals surface area contributed by atoms with Crippen molar-refractivity contribution < 1.29 is 0 Å². The molecule has 86 valence electrons. The third-order valence-corrected chi connectivity index (χ3v) is 2.50. The molecule has 0 unspecified atom stereocenters. The van der Waals surface area contributed by atoms with Crippen LogP contribution >= 0.6 is 0 Å². The highest BCUT2D eigenvalue weighted by atomic mass is 15.2. The first-order chi connectivity index (χ1) is 7.72. The number of hydrogen-bond donors (Lipinski definition) is 1. The van der Waals surface area contributed by atoms with Crippen molar-refractivity contribution in [1.29, 1.82) is 0 Å². The van der Waals surface area contributed by atoms with E-state index in [1.54, 1.807) is 0 Å². The lowest BCUT2D eigenvalue weighted by molar-refractivity contribution is 0.804. The Balaban J connectivity index is 2.93. The van der Waals surface area contributed by atoms with Crippen molar-refractivity contribution >= 4 is 5.82 Å². The van der Waals surface area contributed by atoms with Crippen LogP contribution in [0.5, 0.6) is 0 Å². The Kier molecular flexibility index (Phi) is 4.81. The molecule has 0 radical (unpaired) electrons. The van der Waals surface area contributed by atoms with Crippen LogP contribution in [-0.4, -0.2) is 18.1 Å². The van der Waals surface area contributed by atoms with Crippen LogP contribution in [0.2, 0.25) is 0 Å². The second-order valence-electron chi connectivity index (χ2n) is 3.74. The number of nitrogens with zero attached hydrogens (tertiary/aromatic N) is 2. The van der Waals surface area contributed by atoms with E-state index in [2.05, 4.69) is 22.7 Å². The van der Waals surface area contributed by atoms with Gasteiger partial charge in [0.1, 0.15) is 5.82 Å². The number of terminal acetylenes is 1. The van der Waals surface area contributed by atoms with Crippen LogP contribution in [0.3, 0.4) is 0 Å². The van der Waals surface area contributed by atoms with E-state index >= 15 is 0 Å². The smallest absolute Gasteiger partial charge is 0.129 e. The maximum atomic E-state index is 5.61. The summed E-state index contributed by atoms with van der Waals surface area (Å²) in [6.07, 6.45) is 6.41. The lowest BCUT2D eigenvalue weighted by Crippen LogP contribution is -2.25. The van der Waals surface area contributed by atoms with Gasteiger partial charge in [0.2, 0.25) is 0 Å². The molecule has 1 aromatic heterocycles. The maximum Gasteiger partial charge on any atom is 0.129 e. The van der Waals surface area contributed by atoms with E-state index in [0.717, 1.165) is 30.0 Å². The summed E-state index contributed by atoms with van der Waals surface area (Å²) >= 11 is 0. The van der Waals surface area contributed by atoms with E-state index in [9.17, 15) is 0 Å². The standard InChI is InChI=1S/C13H19N3/c1-4-8-16(9-5-2)13-7-6-12(10-14)11(3)15-13/h1,6-7H,5,8-10,14H2,2-3H3. The summed E-state index contributed by atoms with van der Waals surface area (Å²) < 4.78 is 0. The van der Waals surface area contributed by atoms with Crippen molar-refractivity contribution in [3.05, 3.63) is 23.4 Å². The molecule has 1 heterocycles. The summed E-state index contributed by atoms with van der Waals surface area (Å²) in [5.74, 6) is 3.60. The van der Waals surface area contributed by atoms with Gasteiger partial charge in [-0.1, -0.05) is 18.9 Å². The number of nitrogens with two attached hydrogens (primary N) is 1. The number of rotatable bonds is 5. The van der Waals surface area contributed by atoms with Crippen molar-refractivity contribution in [2.24, 2.45) is 5.73 Å². The van der Waals surface area contributed by atoms with Gasteiger partial charge in [-0.2, -0.15) is 0 Å². The topological polar surface area (TPSA) is 42.1 Å². The van der Waals surface area contributed by atoms with Gasteiger partial charge in [-0.05, 0) is 25.0 Å². The molecule has 0 aliphatic rings. The Bertz CT molecular complexity index is 379. The predicted molar refractivity (Wildman–Crippen MR) is 68.2 cm³/mol. The summed E-state index contributed by atoms with van der Waals surface area (Å²) in [4.78, 5) is 6.64. The van der Waals surface area contributed by atoms with E-state index in [1.807, 2.05) is 19.1 Å². The molecule has 0 aliphatic carbocycles. The normalized spacial score (nSPS) is 9.88. The maximum absolute atomic E-state index is 5.61.